The minimum absolute atomic E-state index is 0.0277. The van der Waals surface area contributed by atoms with Crippen LogP contribution in [0.1, 0.15) is 30.6 Å². The summed E-state index contributed by atoms with van der Waals surface area (Å²) in [6.07, 6.45) is 0.584. The van der Waals surface area contributed by atoms with Crippen LogP contribution < -0.4 is 14.8 Å². The van der Waals surface area contributed by atoms with Crippen LogP contribution in [-0.2, 0) is 4.79 Å². The Morgan fingerprint density at radius 3 is 2.58 bits per heavy atom. The highest BCUT2D eigenvalue weighted by Gasteiger charge is 2.39. The second kappa shape index (κ2) is 7.63. The van der Waals surface area contributed by atoms with Crippen LogP contribution in [0.5, 0.6) is 11.5 Å². The van der Waals surface area contributed by atoms with Gasteiger partial charge < -0.3 is 19.7 Å². The Hall–Kier alpha value is -2.77. The van der Waals surface area contributed by atoms with Crippen LogP contribution in [0, 0.1) is 0 Å². The lowest BCUT2D eigenvalue weighted by Crippen LogP contribution is -2.42. The van der Waals surface area contributed by atoms with Crippen LogP contribution in [0.25, 0.3) is 0 Å². The number of carbonyl (C=O) groups excluding carboxylic acids is 3. The number of benzene rings is 1. The third kappa shape index (κ3) is 3.44. The maximum atomic E-state index is 12.8. The molecular formula is C18H23N3O5. The van der Waals surface area contributed by atoms with E-state index in [0.717, 1.165) is 0 Å². The van der Waals surface area contributed by atoms with Crippen LogP contribution in [-0.4, -0.2) is 66.5 Å². The monoisotopic (exact) mass is 361 g/mol. The summed E-state index contributed by atoms with van der Waals surface area (Å²) in [7, 11) is 0. The molecule has 1 aromatic rings. The lowest BCUT2D eigenvalue weighted by molar-refractivity contribution is -0.126. The molecule has 1 N–H and O–H groups in total. The molecule has 140 valence electrons. The molecule has 0 spiro atoms. The number of rotatable bonds is 6. The SMILES string of the molecule is CCOc1ccc(C(=O)N2CCC(N3C(=O)CNC3=O)C2)cc1OCC. The van der Waals surface area contributed by atoms with Gasteiger partial charge in [-0.15, -0.1) is 0 Å². The normalized spacial score (nSPS) is 19.7. The van der Waals surface area contributed by atoms with E-state index in [1.807, 2.05) is 13.8 Å². The van der Waals surface area contributed by atoms with Gasteiger partial charge in [0.15, 0.2) is 11.5 Å². The number of ether oxygens (including phenoxy) is 2. The van der Waals surface area contributed by atoms with E-state index in [1.165, 1.54) is 4.90 Å². The number of carbonyl (C=O) groups is 3. The second-order valence-corrected chi connectivity index (χ2v) is 6.14. The zero-order valence-corrected chi connectivity index (χ0v) is 15.0. The first-order valence-electron chi connectivity index (χ1n) is 8.84. The average Bonchev–Trinajstić information content (AvgIpc) is 3.23. The van der Waals surface area contributed by atoms with E-state index < -0.39 is 0 Å². The van der Waals surface area contributed by atoms with Gasteiger partial charge in [-0.2, -0.15) is 0 Å². The zero-order chi connectivity index (χ0) is 18.7. The number of urea groups is 1. The van der Waals surface area contributed by atoms with Gasteiger partial charge in [0.25, 0.3) is 5.91 Å². The first-order valence-corrected chi connectivity index (χ1v) is 8.84. The minimum Gasteiger partial charge on any atom is -0.490 e. The lowest BCUT2D eigenvalue weighted by atomic mass is 10.1. The molecule has 8 heteroatoms. The molecule has 2 aliphatic rings. The van der Waals surface area contributed by atoms with Gasteiger partial charge in [0.05, 0.1) is 25.8 Å². The molecule has 1 aromatic carbocycles. The van der Waals surface area contributed by atoms with E-state index in [4.69, 9.17) is 9.47 Å². The van der Waals surface area contributed by atoms with E-state index in [9.17, 15) is 14.4 Å². The summed E-state index contributed by atoms with van der Waals surface area (Å²) in [6, 6.07) is 4.46. The van der Waals surface area contributed by atoms with Crippen molar-refractivity contribution >= 4 is 17.8 Å². The molecule has 0 radical (unpaired) electrons. The molecule has 0 bridgehead atoms. The second-order valence-electron chi connectivity index (χ2n) is 6.14. The van der Waals surface area contributed by atoms with Crippen molar-refractivity contribution in [1.82, 2.24) is 15.1 Å². The van der Waals surface area contributed by atoms with Crippen LogP contribution in [0.15, 0.2) is 18.2 Å². The van der Waals surface area contributed by atoms with Crippen LogP contribution in [0.4, 0.5) is 4.79 Å². The van der Waals surface area contributed by atoms with Crippen molar-refractivity contribution in [3.63, 3.8) is 0 Å². The maximum Gasteiger partial charge on any atom is 0.324 e. The Balaban J connectivity index is 1.72. The number of likely N-dealkylation sites (tertiary alicyclic amines) is 1. The quantitative estimate of drug-likeness (QED) is 0.771. The summed E-state index contributed by atoms with van der Waals surface area (Å²) >= 11 is 0. The summed E-state index contributed by atoms with van der Waals surface area (Å²) in [5.74, 6) is 0.743. The summed E-state index contributed by atoms with van der Waals surface area (Å²) in [5, 5.41) is 2.52. The van der Waals surface area contributed by atoms with Crippen molar-refractivity contribution < 1.29 is 23.9 Å². The van der Waals surface area contributed by atoms with Gasteiger partial charge >= 0.3 is 6.03 Å². The van der Waals surface area contributed by atoms with E-state index in [0.29, 0.717) is 49.8 Å². The Kier molecular flexibility index (Phi) is 5.29. The van der Waals surface area contributed by atoms with Gasteiger partial charge in [-0.25, -0.2) is 4.79 Å². The standard InChI is InChI=1S/C18H23N3O5/c1-3-25-14-6-5-12(9-15(14)26-4-2)17(23)20-8-7-13(11-20)21-16(22)10-19-18(21)24/h5-6,9,13H,3-4,7-8,10-11H2,1-2H3,(H,19,24). The van der Waals surface area contributed by atoms with Crippen LogP contribution >= 0.6 is 0 Å². The van der Waals surface area contributed by atoms with Crippen molar-refractivity contribution in [1.29, 1.82) is 0 Å². The number of hydrogen-bond donors (Lipinski definition) is 1. The van der Waals surface area contributed by atoms with Crippen molar-refractivity contribution in [2.75, 3.05) is 32.8 Å². The first-order chi connectivity index (χ1) is 12.5. The van der Waals surface area contributed by atoms with Crippen LogP contribution in [0.2, 0.25) is 0 Å². The highest BCUT2D eigenvalue weighted by molar-refractivity contribution is 6.02. The van der Waals surface area contributed by atoms with Gasteiger partial charge in [-0.3, -0.25) is 14.5 Å². The predicted molar refractivity (Wildman–Crippen MR) is 93.3 cm³/mol. The molecule has 1 atom stereocenters. The minimum atomic E-state index is -0.381. The fourth-order valence-corrected chi connectivity index (χ4v) is 3.31. The van der Waals surface area contributed by atoms with Gasteiger partial charge in [0.2, 0.25) is 5.91 Å². The molecular weight excluding hydrogens is 338 g/mol. The zero-order valence-electron chi connectivity index (χ0n) is 15.0. The molecule has 8 nitrogen and oxygen atoms in total. The van der Waals surface area contributed by atoms with Crippen molar-refractivity contribution in [3.8, 4) is 11.5 Å². The number of nitrogens with one attached hydrogen (secondary N) is 1. The molecule has 2 aliphatic heterocycles. The molecule has 26 heavy (non-hydrogen) atoms. The molecule has 2 heterocycles. The van der Waals surface area contributed by atoms with Crippen molar-refractivity contribution in [2.45, 2.75) is 26.3 Å². The number of hydrogen-bond acceptors (Lipinski definition) is 5. The number of imide groups is 1. The van der Waals surface area contributed by atoms with E-state index >= 15 is 0 Å². The molecule has 3 rings (SSSR count). The smallest absolute Gasteiger partial charge is 0.324 e. The first kappa shape index (κ1) is 18.0. The summed E-state index contributed by atoms with van der Waals surface area (Å²) in [6.45, 7) is 5.60. The average molecular weight is 361 g/mol. The summed E-state index contributed by atoms with van der Waals surface area (Å²) < 4.78 is 11.1. The molecule has 0 aliphatic carbocycles. The topological polar surface area (TPSA) is 88.2 Å². The summed E-state index contributed by atoms with van der Waals surface area (Å²) in [4.78, 5) is 39.4. The van der Waals surface area contributed by atoms with Crippen LogP contribution in [0.3, 0.4) is 0 Å². The van der Waals surface area contributed by atoms with E-state index in [2.05, 4.69) is 5.32 Å². The number of nitrogens with zero attached hydrogens (tertiary/aromatic N) is 2. The van der Waals surface area contributed by atoms with Gasteiger partial charge in [-0.1, -0.05) is 0 Å². The van der Waals surface area contributed by atoms with Gasteiger partial charge in [0.1, 0.15) is 0 Å². The molecule has 1 unspecified atom stereocenters. The largest absolute Gasteiger partial charge is 0.490 e. The van der Waals surface area contributed by atoms with E-state index in [1.54, 1.807) is 23.1 Å². The Bertz CT molecular complexity index is 705. The molecule has 0 aromatic heterocycles. The maximum absolute atomic E-state index is 12.8. The highest BCUT2D eigenvalue weighted by Crippen LogP contribution is 2.30. The molecule has 2 saturated heterocycles. The molecule has 2 fully saturated rings. The fraction of sp³-hybridized carbons (Fsp3) is 0.500. The molecule has 4 amide bonds. The lowest BCUT2D eigenvalue weighted by Gasteiger charge is -2.22. The predicted octanol–water partition coefficient (Wildman–Crippen LogP) is 1.25. The van der Waals surface area contributed by atoms with Crippen molar-refractivity contribution in [3.05, 3.63) is 23.8 Å². The van der Waals surface area contributed by atoms with Crippen molar-refractivity contribution in [2.24, 2.45) is 0 Å². The van der Waals surface area contributed by atoms with Gasteiger partial charge in [0, 0.05) is 18.7 Å². The third-order valence-corrected chi connectivity index (χ3v) is 4.48. The summed E-state index contributed by atoms with van der Waals surface area (Å²) in [5.41, 5.74) is 0.495. The number of amides is 4. The van der Waals surface area contributed by atoms with E-state index in [-0.39, 0.29) is 30.4 Å². The molecule has 0 saturated carbocycles. The Labute approximate surface area is 152 Å². The Morgan fingerprint density at radius 2 is 1.92 bits per heavy atom. The van der Waals surface area contributed by atoms with Gasteiger partial charge in [-0.05, 0) is 38.5 Å². The highest BCUT2D eigenvalue weighted by atomic mass is 16.5. The Morgan fingerprint density at radius 1 is 1.19 bits per heavy atom. The fourth-order valence-electron chi connectivity index (χ4n) is 3.31. The third-order valence-electron chi connectivity index (χ3n) is 4.48.